The summed E-state index contributed by atoms with van der Waals surface area (Å²) in [4.78, 5) is 26.1. The third-order valence-corrected chi connectivity index (χ3v) is 1.97. The molecule has 2 aromatic rings. The lowest BCUT2D eigenvalue weighted by molar-refractivity contribution is 0.0694. The van der Waals surface area contributed by atoms with Gasteiger partial charge in [0.25, 0.3) is 5.56 Å². The maximum atomic E-state index is 11.6. The molecule has 2 rings (SSSR count). The van der Waals surface area contributed by atoms with Crippen LogP contribution in [-0.2, 0) is 6.54 Å². The summed E-state index contributed by atoms with van der Waals surface area (Å²) in [6.07, 6.45) is 2.60. The average Bonchev–Trinajstić information content (AvgIpc) is 2.73. The predicted molar refractivity (Wildman–Crippen MR) is 51.1 cm³/mol. The van der Waals surface area contributed by atoms with E-state index < -0.39 is 11.5 Å². The van der Waals surface area contributed by atoms with Gasteiger partial charge in [0.15, 0.2) is 5.82 Å². The number of nitrogens with zero attached hydrogens (tertiary/aromatic N) is 3. The summed E-state index contributed by atoms with van der Waals surface area (Å²) < 4.78 is 5.71. The van der Waals surface area contributed by atoms with Crippen LogP contribution in [0.3, 0.4) is 0 Å². The number of hydrogen-bond donors (Lipinski definition) is 1. The zero-order valence-corrected chi connectivity index (χ0v) is 8.03. The molecule has 0 aromatic carbocycles. The van der Waals surface area contributed by atoms with E-state index in [9.17, 15) is 9.59 Å². The van der Waals surface area contributed by atoms with Crippen molar-refractivity contribution in [3.8, 4) is 0 Å². The summed E-state index contributed by atoms with van der Waals surface area (Å²) in [6, 6.07) is 2.72. The van der Waals surface area contributed by atoms with Crippen molar-refractivity contribution in [3.63, 3.8) is 0 Å². The summed E-state index contributed by atoms with van der Waals surface area (Å²) in [5.74, 6) is -0.947. The fourth-order valence-corrected chi connectivity index (χ4v) is 1.24. The van der Waals surface area contributed by atoms with Crippen LogP contribution in [0.1, 0.15) is 16.2 Å². The number of aromatic carboxylic acids is 1. The largest absolute Gasteiger partial charge is 0.477 e. The van der Waals surface area contributed by atoms with E-state index in [1.807, 2.05) is 0 Å². The van der Waals surface area contributed by atoms with Gasteiger partial charge in [-0.2, -0.15) is 4.98 Å². The van der Waals surface area contributed by atoms with Crippen LogP contribution in [0.5, 0.6) is 0 Å². The van der Waals surface area contributed by atoms with Gasteiger partial charge in [0.2, 0.25) is 6.39 Å². The summed E-state index contributed by atoms with van der Waals surface area (Å²) in [5.41, 5.74) is -0.884. The highest BCUT2D eigenvalue weighted by molar-refractivity contribution is 5.86. The molecular formula is C9H7N3O4. The van der Waals surface area contributed by atoms with Crippen molar-refractivity contribution in [1.29, 1.82) is 0 Å². The Morgan fingerprint density at radius 3 is 3.00 bits per heavy atom. The van der Waals surface area contributed by atoms with Gasteiger partial charge in [-0.05, 0) is 12.1 Å². The minimum atomic E-state index is -1.26. The van der Waals surface area contributed by atoms with Crippen molar-refractivity contribution in [2.24, 2.45) is 0 Å². The van der Waals surface area contributed by atoms with E-state index in [1.54, 1.807) is 0 Å². The van der Waals surface area contributed by atoms with Crippen LogP contribution in [0.2, 0.25) is 0 Å². The highest BCUT2D eigenvalue weighted by atomic mass is 16.5. The van der Waals surface area contributed by atoms with Crippen molar-refractivity contribution in [2.45, 2.75) is 6.54 Å². The van der Waals surface area contributed by atoms with E-state index in [0.717, 1.165) is 6.39 Å². The Kier molecular flexibility index (Phi) is 2.50. The number of pyridine rings is 1. The molecule has 0 radical (unpaired) electrons. The molecule has 2 aromatic heterocycles. The highest BCUT2D eigenvalue weighted by Crippen LogP contribution is 1.95. The summed E-state index contributed by atoms with van der Waals surface area (Å²) in [6.45, 7) is 0.0798. The number of rotatable bonds is 3. The number of carbonyl (C=O) groups is 1. The normalized spacial score (nSPS) is 10.2. The van der Waals surface area contributed by atoms with Crippen LogP contribution >= 0.6 is 0 Å². The molecule has 0 spiro atoms. The van der Waals surface area contributed by atoms with Crippen LogP contribution in [0.25, 0.3) is 0 Å². The SMILES string of the molecule is O=C(O)c1cccn(Cc2ncon2)c1=O. The van der Waals surface area contributed by atoms with Gasteiger partial charge in [0, 0.05) is 6.20 Å². The molecule has 16 heavy (non-hydrogen) atoms. The number of carboxylic acid groups (broad SMARTS) is 1. The summed E-state index contributed by atoms with van der Waals surface area (Å²) in [5, 5.41) is 12.3. The molecular weight excluding hydrogens is 214 g/mol. The molecule has 2 heterocycles. The summed E-state index contributed by atoms with van der Waals surface area (Å²) in [7, 11) is 0. The second kappa shape index (κ2) is 3.97. The van der Waals surface area contributed by atoms with Crippen molar-refractivity contribution in [1.82, 2.24) is 14.7 Å². The van der Waals surface area contributed by atoms with Gasteiger partial charge in [0.1, 0.15) is 5.56 Å². The zero-order chi connectivity index (χ0) is 11.5. The first-order valence-corrected chi connectivity index (χ1v) is 4.36. The Labute approximate surface area is 89.0 Å². The molecule has 0 unspecified atom stereocenters. The van der Waals surface area contributed by atoms with E-state index in [-0.39, 0.29) is 12.1 Å². The molecule has 0 saturated carbocycles. The minimum Gasteiger partial charge on any atom is -0.477 e. The van der Waals surface area contributed by atoms with Crippen LogP contribution in [0.4, 0.5) is 0 Å². The first kappa shape index (κ1) is 10.1. The molecule has 0 amide bonds. The summed E-state index contributed by atoms with van der Waals surface area (Å²) >= 11 is 0. The monoisotopic (exact) mass is 221 g/mol. The van der Waals surface area contributed by atoms with E-state index in [4.69, 9.17) is 5.11 Å². The molecule has 0 atom stereocenters. The van der Waals surface area contributed by atoms with Crippen molar-refractivity contribution in [3.05, 3.63) is 46.5 Å². The fourth-order valence-electron chi connectivity index (χ4n) is 1.24. The second-order valence-corrected chi connectivity index (χ2v) is 3.01. The van der Waals surface area contributed by atoms with Crippen LogP contribution < -0.4 is 5.56 Å². The van der Waals surface area contributed by atoms with Crippen LogP contribution in [0, 0.1) is 0 Å². The Hall–Kier alpha value is -2.44. The van der Waals surface area contributed by atoms with Crippen molar-refractivity contribution < 1.29 is 14.4 Å². The van der Waals surface area contributed by atoms with E-state index in [2.05, 4.69) is 14.7 Å². The number of carboxylic acids is 1. The fraction of sp³-hybridized carbons (Fsp3) is 0.111. The molecule has 0 aliphatic rings. The lowest BCUT2D eigenvalue weighted by Crippen LogP contribution is -2.26. The third-order valence-electron chi connectivity index (χ3n) is 1.97. The van der Waals surface area contributed by atoms with Gasteiger partial charge < -0.3 is 14.2 Å². The lowest BCUT2D eigenvalue weighted by Gasteiger charge is -2.02. The van der Waals surface area contributed by atoms with Gasteiger partial charge in [0.05, 0.1) is 6.54 Å². The standard InChI is InChI=1S/C9H7N3O4/c13-8-6(9(14)15)2-1-3-12(8)4-7-10-5-16-11-7/h1-3,5H,4H2,(H,14,15). The molecule has 1 N–H and O–H groups in total. The molecule has 0 aliphatic carbocycles. The zero-order valence-electron chi connectivity index (χ0n) is 8.03. The molecule has 7 heteroatoms. The van der Waals surface area contributed by atoms with E-state index >= 15 is 0 Å². The van der Waals surface area contributed by atoms with Gasteiger partial charge in [-0.15, -0.1) is 0 Å². The van der Waals surface area contributed by atoms with Crippen molar-refractivity contribution in [2.75, 3.05) is 0 Å². The number of hydrogen-bond acceptors (Lipinski definition) is 5. The maximum Gasteiger partial charge on any atom is 0.341 e. The Bertz CT molecular complexity index is 558. The van der Waals surface area contributed by atoms with E-state index in [1.165, 1.54) is 22.9 Å². The van der Waals surface area contributed by atoms with Gasteiger partial charge in [-0.1, -0.05) is 5.16 Å². The Balaban J connectivity index is 2.39. The molecule has 7 nitrogen and oxygen atoms in total. The molecule has 0 aliphatic heterocycles. The second-order valence-electron chi connectivity index (χ2n) is 3.01. The molecule has 0 fully saturated rings. The Morgan fingerprint density at radius 1 is 1.56 bits per heavy atom. The van der Waals surface area contributed by atoms with Crippen LogP contribution in [0.15, 0.2) is 34.0 Å². The first-order chi connectivity index (χ1) is 7.68. The Morgan fingerprint density at radius 2 is 2.38 bits per heavy atom. The third kappa shape index (κ3) is 1.83. The van der Waals surface area contributed by atoms with E-state index in [0.29, 0.717) is 5.82 Å². The van der Waals surface area contributed by atoms with Gasteiger partial charge in [-0.3, -0.25) is 4.79 Å². The minimum absolute atomic E-state index is 0.0798. The highest BCUT2D eigenvalue weighted by Gasteiger charge is 2.11. The first-order valence-electron chi connectivity index (χ1n) is 4.36. The molecule has 82 valence electrons. The van der Waals surface area contributed by atoms with Gasteiger partial charge >= 0.3 is 5.97 Å². The maximum absolute atomic E-state index is 11.6. The molecule has 0 saturated heterocycles. The van der Waals surface area contributed by atoms with Crippen molar-refractivity contribution >= 4 is 5.97 Å². The average molecular weight is 221 g/mol. The molecule has 0 bridgehead atoms. The lowest BCUT2D eigenvalue weighted by atomic mass is 10.3. The predicted octanol–water partition coefficient (Wildman–Crippen LogP) is -0.0222. The van der Waals surface area contributed by atoms with Gasteiger partial charge in [-0.25, -0.2) is 4.79 Å². The topological polar surface area (TPSA) is 98.2 Å². The number of aromatic nitrogens is 3. The quantitative estimate of drug-likeness (QED) is 0.781. The smallest absolute Gasteiger partial charge is 0.341 e. The van der Waals surface area contributed by atoms with Crippen LogP contribution in [-0.4, -0.2) is 25.8 Å².